The van der Waals surface area contributed by atoms with E-state index in [0.29, 0.717) is 0 Å². The largest absolute Gasteiger partial charge is 0.389 e. The lowest BCUT2D eigenvalue weighted by Crippen LogP contribution is -2.50. The molecule has 10 heavy (non-hydrogen) atoms. The number of aliphatic hydroxyl groups excluding tert-OH is 3. The Morgan fingerprint density at radius 3 is 2.40 bits per heavy atom. The van der Waals surface area contributed by atoms with Gasteiger partial charge in [0.2, 0.25) is 0 Å². The van der Waals surface area contributed by atoms with E-state index in [1.807, 2.05) is 0 Å². The van der Waals surface area contributed by atoms with E-state index in [9.17, 15) is 0 Å². The first-order chi connectivity index (χ1) is 4.63. The van der Waals surface area contributed by atoms with Crippen molar-refractivity contribution in [3.05, 3.63) is 0 Å². The van der Waals surface area contributed by atoms with E-state index >= 15 is 0 Å². The predicted molar refractivity (Wildman–Crippen MR) is 33.6 cm³/mol. The summed E-state index contributed by atoms with van der Waals surface area (Å²) in [6.45, 7) is -0.0353. The zero-order valence-electron chi connectivity index (χ0n) is 5.14. The predicted octanol–water partition coefficient (Wildman–Crippen LogP) is -1.34. The summed E-state index contributed by atoms with van der Waals surface area (Å²) in [5.41, 5.74) is 0. The van der Waals surface area contributed by atoms with Gasteiger partial charge in [0, 0.05) is 0 Å². The van der Waals surface area contributed by atoms with Crippen molar-refractivity contribution in [1.29, 1.82) is 0 Å². The molecule has 0 aromatic rings. The van der Waals surface area contributed by atoms with E-state index in [-0.39, 0.29) is 6.61 Å². The Hall–Kier alpha value is 0.130. The lowest BCUT2D eigenvalue weighted by atomic mass is 10.1. The molecule has 0 radical (unpaired) electrons. The molecule has 0 aliphatic carbocycles. The Balaban J connectivity index is 2.52. The van der Waals surface area contributed by atoms with Gasteiger partial charge in [-0.05, 0) is 0 Å². The van der Waals surface area contributed by atoms with Gasteiger partial charge < -0.3 is 20.1 Å². The van der Waals surface area contributed by atoms with Crippen LogP contribution >= 0.6 is 11.6 Å². The Labute approximate surface area is 63.0 Å². The Bertz CT molecular complexity index is 106. The number of hydrogen-bond donors (Lipinski definition) is 3. The summed E-state index contributed by atoms with van der Waals surface area (Å²) in [7, 11) is 0. The fraction of sp³-hybridized carbons (Fsp3) is 1.00. The zero-order valence-corrected chi connectivity index (χ0v) is 5.90. The van der Waals surface area contributed by atoms with Crippen molar-refractivity contribution in [3.8, 4) is 0 Å². The number of aliphatic hydroxyl groups is 3. The summed E-state index contributed by atoms with van der Waals surface area (Å²) in [4.78, 5) is 0. The monoisotopic (exact) mass is 168 g/mol. The average Bonchev–Trinajstić information content (AvgIpc) is 1.93. The average molecular weight is 169 g/mol. The van der Waals surface area contributed by atoms with E-state index < -0.39 is 23.9 Å². The third-order valence-electron chi connectivity index (χ3n) is 1.42. The molecular formula is C5H9ClO4. The van der Waals surface area contributed by atoms with E-state index in [1.165, 1.54) is 0 Å². The summed E-state index contributed by atoms with van der Waals surface area (Å²) in [5, 5.41) is 25.8. The maximum atomic E-state index is 8.95. The van der Waals surface area contributed by atoms with Crippen LogP contribution in [0, 0.1) is 0 Å². The highest BCUT2D eigenvalue weighted by molar-refractivity contribution is 6.21. The van der Waals surface area contributed by atoms with Crippen molar-refractivity contribution in [2.24, 2.45) is 0 Å². The van der Waals surface area contributed by atoms with Crippen LogP contribution in [0.1, 0.15) is 0 Å². The molecule has 0 spiro atoms. The molecule has 4 atom stereocenters. The van der Waals surface area contributed by atoms with Crippen molar-refractivity contribution >= 4 is 11.6 Å². The van der Waals surface area contributed by atoms with Crippen molar-refractivity contribution in [2.45, 2.75) is 23.9 Å². The molecule has 0 unspecified atom stereocenters. The van der Waals surface area contributed by atoms with Gasteiger partial charge >= 0.3 is 0 Å². The van der Waals surface area contributed by atoms with Crippen LogP contribution in [0.3, 0.4) is 0 Å². The zero-order chi connectivity index (χ0) is 7.72. The van der Waals surface area contributed by atoms with Gasteiger partial charge in [0.15, 0.2) is 6.29 Å². The molecule has 4 nitrogen and oxygen atoms in total. The van der Waals surface area contributed by atoms with Crippen molar-refractivity contribution in [2.75, 3.05) is 6.61 Å². The van der Waals surface area contributed by atoms with Gasteiger partial charge in [-0.15, -0.1) is 11.6 Å². The molecule has 1 rings (SSSR count). The SMILES string of the molecule is O[C@H]1[C@H](Cl)[C@@H](O)CO[C@@H]1O. The van der Waals surface area contributed by atoms with Crippen LogP contribution in [0.15, 0.2) is 0 Å². The molecule has 0 bridgehead atoms. The normalized spacial score (nSPS) is 49.2. The first kappa shape index (κ1) is 8.23. The highest BCUT2D eigenvalue weighted by atomic mass is 35.5. The molecule has 1 heterocycles. The number of rotatable bonds is 0. The molecule has 1 aliphatic rings. The van der Waals surface area contributed by atoms with Gasteiger partial charge in [-0.25, -0.2) is 0 Å². The smallest absolute Gasteiger partial charge is 0.182 e. The van der Waals surface area contributed by atoms with E-state index in [1.54, 1.807) is 0 Å². The second-order valence-electron chi connectivity index (χ2n) is 2.23. The molecule has 1 saturated heterocycles. The molecular weight excluding hydrogens is 160 g/mol. The topological polar surface area (TPSA) is 69.9 Å². The van der Waals surface area contributed by atoms with E-state index in [4.69, 9.17) is 26.9 Å². The summed E-state index contributed by atoms with van der Waals surface area (Å²) < 4.78 is 4.54. The number of alkyl halides is 1. The van der Waals surface area contributed by atoms with Crippen LogP contribution in [-0.4, -0.2) is 45.8 Å². The molecule has 60 valence electrons. The quantitative estimate of drug-likeness (QED) is 0.392. The Morgan fingerprint density at radius 2 is 1.90 bits per heavy atom. The lowest BCUT2D eigenvalue weighted by Gasteiger charge is -2.31. The van der Waals surface area contributed by atoms with Gasteiger partial charge in [0.05, 0.1) is 18.1 Å². The lowest BCUT2D eigenvalue weighted by molar-refractivity contribution is -0.209. The fourth-order valence-corrected chi connectivity index (χ4v) is 0.970. The standard InChI is InChI=1S/C5H9ClO4/c6-3-2(7)1-10-5(9)4(3)8/h2-5,7-9H,1H2/t2-,3+,4-,5-/m0/s1. The van der Waals surface area contributed by atoms with Gasteiger partial charge in [-0.2, -0.15) is 0 Å². The number of ether oxygens (including phenoxy) is 1. The van der Waals surface area contributed by atoms with Crippen molar-refractivity contribution < 1.29 is 20.1 Å². The molecule has 0 amide bonds. The fourth-order valence-electron chi connectivity index (χ4n) is 0.773. The minimum atomic E-state index is -1.27. The van der Waals surface area contributed by atoms with Crippen LogP contribution in [0.5, 0.6) is 0 Å². The van der Waals surface area contributed by atoms with Gasteiger partial charge in [-0.1, -0.05) is 0 Å². The molecule has 0 aromatic heterocycles. The number of hydrogen-bond acceptors (Lipinski definition) is 4. The van der Waals surface area contributed by atoms with E-state index in [0.717, 1.165) is 0 Å². The van der Waals surface area contributed by atoms with Crippen LogP contribution in [0.4, 0.5) is 0 Å². The van der Waals surface area contributed by atoms with Gasteiger partial charge in [0.25, 0.3) is 0 Å². The van der Waals surface area contributed by atoms with E-state index in [2.05, 4.69) is 4.74 Å². The second kappa shape index (κ2) is 3.02. The molecule has 1 aliphatic heterocycles. The molecule has 3 N–H and O–H groups in total. The molecule has 1 fully saturated rings. The third kappa shape index (κ3) is 1.41. The maximum Gasteiger partial charge on any atom is 0.182 e. The van der Waals surface area contributed by atoms with Crippen molar-refractivity contribution in [1.82, 2.24) is 0 Å². The Kier molecular flexibility index (Phi) is 2.49. The third-order valence-corrected chi connectivity index (χ3v) is 1.97. The van der Waals surface area contributed by atoms with Crippen molar-refractivity contribution in [3.63, 3.8) is 0 Å². The van der Waals surface area contributed by atoms with Crippen LogP contribution < -0.4 is 0 Å². The number of halogens is 1. The second-order valence-corrected chi connectivity index (χ2v) is 2.73. The van der Waals surface area contributed by atoms with Crippen LogP contribution in [-0.2, 0) is 4.74 Å². The summed E-state index contributed by atoms with van der Waals surface area (Å²) in [6, 6.07) is 0. The minimum absolute atomic E-state index is 0.0353. The molecule has 0 aromatic carbocycles. The molecule has 5 heteroatoms. The highest BCUT2D eigenvalue weighted by Gasteiger charge is 2.36. The molecule has 0 saturated carbocycles. The maximum absolute atomic E-state index is 8.95. The summed E-state index contributed by atoms with van der Waals surface area (Å²) in [6.07, 6.45) is -3.38. The first-order valence-electron chi connectivity index (χ1n) is 2.93. The summed E-state index contributed by atoms with van der Waals surface area (Å²) >= 11 is 5.47. The van der Waals surface area contributed by atoms with Gasteiger partial charge in [-0.3, -0.25) is 0 Å². The first-order valence-corrected chi connectivity index (χ1v) is 3.36. The van der Waals surface area contributed by atoms with Gasteiger partial charge in [0.1, 0.15) is 6.10 Å². The summed E-state index contributed by atoms with van der Waals surface area (Å²) in [5.74, 6) is 0. The Morgan fingerprint density at radius 1 is 1.30 bits per heavy atom. The van der Waals surface area contributed by atoms with Crippen LogP contribution in [0.25, 0.3) is 0 Å². The highest BCUT2D eigenvalue weighted by Crippen LogP contribution is 2.18. The minimum Gasteiger partial charge on any atom is -0.389 e. The van der Waals surface area contributed by atoms with Crippen LogP contribution in [0.2, 0.25) is 0 Å².